The molecule has 1 radical (unpaired) electrons. The summed E-state index contributed by atoms with van der Waals surface area (Å²) in [5, 5.41) is 0. The summed E-state index contributed by atoms with van der Waals surface area (Å²) in [6.45, 7) is 0. The van der Waals surface area contributed by atoms with Crippen LogP contribution in [0.5, 0.6) is 0 Å². The molecule has 1 fully saturated rings. The molecule has 0 heterocycles. The van der Waals surface area contributed by atoms with Crippen LogP contribution in [0.2, 0.25) is 0 Å². The zero-order valence-electron chi connectivity index (χ0n) is 6.39. The van der Waals surface area contributed by atoms with Gasteiger partial charge in [-0.2, -0.15) is 0 Å². The summed E-state index contributed by atoms with van der Waals surface area (Å²) in [6, 6.07) is 0. The third-order valence-electron chi connectivity index (χ3n) is 1.62. The second kappa shape index (κ2) is 4.22. The van der Waals surface area contributed by atoms with Crippen LogP contribution in [-0.4, -0.2) is 7.11 Å². The fourth-order valence-electron chi connectivity index (χ4n) is 0.908. The lowest BCUT2D eigenvalue weighted by Crippen LogP contribution is -1.76. The number of methoxy groups -OCH3 is 1. The van der Waals surface area contributed by atoms with Gasteiger partial charge in [-0.05, 0) is 31.6 Å². The average molecular weight is 137 g/mol. The standard InChI is InChI=1S/C9H13O/c1-10-8-4-2-3-5-9-6-7-9/h6,9H,2-3,5,7H2,1H3. The van der Waals surface area contributed by atoms with Crippen LogP contribution < -0.4 is 0 Å². The van der Waals surface area contributed by atoms with Gasteiger partial charge in [0.25, 0.3) is 0 Å². The van der Waals surface area contributed by atoms with Crippen LogP contribution in [0.4, 0.5) is 0 Å². The van der Waals surface area contributed by atoms with Crippen LogP contribution in [0, 0.1) is 24.4 Å². The third-order valence-corrected chi connectivity index (χ3v) is 1.62. The smallest absolute Gasteiger partial charge is 0.109 e. The highest BCUT2D eigenvalue weighted by Gasteiger charge is 2.20. The van der Waals surface area contributed by atoms with Gasteiger partial charge in [-0.3, -0.25) is 0 Å². The highest BCUT2D eigenvalue weighted by atomic mass is 16.5. The van der Waals surface area contributed by atoms with E-state index in [0.717, 1.165) is 12.3 Å². The Morgan fingerprint density at radius 1 is 1.70 bits per heavy atom. The van der Waals surface area contributed by atoms with Crippen LogP contribution in [0.15, 0.2) is 0 Å². The van der Waals surface area contributed by atoms with Crippen molar-refractivity contribution in [3.05, 3.63) is 6.42 Å². The first-order valence-corrected chi connectivity index (χ1v) is 3.77. The van der Waals surface area contributed by atoms with Gasteiger partial charge >= 0.3 is 0 Å². The minimum absolute atomic E-state index is 0.921. The van der Waals surface area contributed by atoms with Gasteiger partial charge in [-0.25, -0.2) is 0 Å². The highest BCUT2D eigenvalue weighted by Crippen LogP contribution is 2.32. The molecule has 1 nitrogen and oxygen atoms in total. The zero-order chi connectivity index (χ0) is 7.23. The van der Waals surface area contributed by atoms with Gasteiger partial charge in [-0.1, -0.05) is 5.92 Å². The van der Waals surface area contributed by atoms with Crippen LogP contribution in [0.25, 0.3) is 0 Å². The molecule has 0 spiro atoms. The molecule has 10 heavy (non-hydrogen) atoms. The van der Waals surface area contributed by atoms with Gasteiger partial charge in [-0.15, -0.1) is 0 Å². The maximum absolute atomic E-state index is 4.60. The Labute approximate surface area is 62.8 Å². The maximum Gasteiger partial charge on any atom is 0.109 e. The number of hydrogen-bond donors (Lipinski definition) is 0. The van der Waals surface area contributed by atoms with Gasteiger partial charge in [0.15, 0.2) is 0 Å². The summed E-state index contributed by atoms with van der Waals surface area (Å²) in [7, 11) is 1.60. The summed E-state index contributed by atoms with van der Waals surface area (Å²) < 4.78 is 4.60. The predicted molar refractivity (Wildman–Crippen MR) is 41.0 cm³/mol. The summed E-state index contributed by atoms with van der Waals surface area (Å²) in [5.74, 6) is 3.85. The molecule has 0 bridgehead atoms. The minimum atomic E-state index is 0.921. The molecule has 1 heteroatoms. The van der Waals surface area contributed by atoms with Crippen molar-refractivity contribution in [3.63, 3.8) is 0 Å². The lowest BCUT2D eigenvalue weighted by atomic mass is 10.2. The molecule has 0 saturated heterocycles. The lowest BCUT2D eigenvalue weighted by molar-refractivity contribution is 0.371. The maximum atomic E-state index is 4.60. The molecule has 1 unspecified atom stereocenters. The fourth-order valence-corrected chi connectivity index (χ4v) is 0.908. The molecule has 1 aliphatic carbocycles. The van der Waals surface area contributed by atoms with Crippen molar-refractivity contribution in [2.75, 3.05) is 7.11 Å². The van der Waals surface area contributed by atoms with Crippen LogP contribution >= 0.6 is 0 Å². The first-order chi connectivity index (χ1) is 4.93. The summed E-state index contributed by atoms with van der Waals surface area (Å²) in [5.41, 5.74) is 0. The molecule has 0 amide bonds. The first kappa shape index (κ1) is 7.47. The van der Waals surface area contributed by atoms with Gasteiger partial charge in [0, 0.05) is 6.42 Å². The largest absolute Gasteiger partial charge is 0.450 e. The molecule has 55 valence electrons. The number of ether oxygens (including phenoxy) is 1. The molecule has 1 rings (SSSR count). The molecule has 1 saturated carbocycles. The second-order valence-corrected chi connectivity index (χ2v) is 2.61. The van der Waals surface area contributed by atoms with E-state index in [4.69, 9.17) is 0 Å². The van der Waals surface area contributed by atoms with Crippen molar-refractivity contribution in [1.29, 1.82) is 0 Å². The average Bonchev–Trinajstić information content (AvgIpc) is 2.71. The SMILES string of the molecule is COC#CCCCC1[CH]C1. The number of hydrogen-bond acceptors (Lipinski definition) is 1. The van der Waals surface area contributed by atoms with Crippen molar-refractivity contribution in [2.45, 2.75) is 25.7 Å². The Kier molecular flexibility index (Phi) is 3.15. The Morgan fingerprint density at radius 3 is 3.10 bits per heavy atom. The highest BCUT2D eigenvalue weighted by molar-refractivity contribution is 4.96. The molecule has 1 aliphatic rings. The van der Waals surface area contributed by atoms with Crippen molar-refractivity contribution < 1.29 is 4.74 Å². The van der Waals surface area contributed by atoms with E-state index in [2.05, 4.69) is 23.2 Å². The van der Waals surface area contributed by atoms with E-state index in [9.17, 15) is 0 Å². The molecule has 0 aliphatic heterocycles. The normalized spacial score (nSPS) is 15.7. The van der Waals surface area contributed by atoms with Gasteiger partial charge in [0.1, 0.15) is 6.11 Å². The first-order valence-electron chi connectivity index (χ1n) is 3.77. The molecule has 0 aromatic rings. The Bertz CT molecular complexity index is 137. The molecular weight excluding hydrogens is 124 g/mol. The van der Waals surface area contributed by atoms with E-state index in [1.165, 1.54) is 19.3 Å². The van der Waals surface area contributed by atoms with Gasteiger partial charge < -0.3 is 4.74 Å². The van der Waals surface area contributed by atoms with E-state index >= 15 is 0 Å². The van der Waals surface area contributed by atoms with Crippen LogP contribution in [0.3, 0.4) is 0 Å². The zero-order valence-corrected chi connectivity index (χ0v) is 6.39. The number of unbranched alkanes of at least 4 members (excludes halogenated alkanes) is 1. The third kappa shape index (κ3) is 3.40. The quantitative estimate of drug-likeness (QED) is 0.427. The van der Waals surface area contributed by atoms with Crippen molar-refractivity contribution >= 4 is 0 Å². The van der Waals surface area contributed by atoms with Crippen molar-refractivity contribution in [3.8, 4) is 12.0 Å². The lowest BCUT2D eigenvalue weighted by Gasteiger charge is -1.89. The molecular formula is C9H13O. The minimum Gasteiger partial charge on any atom is -0.450 e. The molecule has 0 aromatic heterocycles. The predicted octanol–water partition coefficient (Wildman–Crippen LogP) is 1.99. The molecule has 1 atom stereocenters. The van der Waals surface area contributed by atoms with Crippen LogP contribution in [0.1, 0.15) is 25.7 Å². The van der Waals surface area contributed by atoms with Crippen LogP contribution in [-0.2, 0) is 4.74 Å². The topological polar surface area (TPSA) is 9.23 Å². The van der Waals surface area contributed by atoms with Crippen molar-refractivity contribution in [1.82, 2.24) is 0 Å². The summed E-state index contributed by atoms with van der Waals surface area (Å²) in [4.78, 5) is 0. The summed E-state index contributed by atoms with van der Waals surface area (Å²) in [6.07, 6.45) is 9.79. The van der Waals surface area contributed by atoms with Crippen molar-refractivity contribution in [2.24, 2.45) is 5.92 Å². The van der Waals surface area contributed by atoms with E-state index < -0.39 is 0 Å². The molecule has 0 N–H and O–H groups in total. The Balaban J connectivity index is 1.84. The van der Waals surface area contributed by atoms with Gasteiger partial charge in [0.05, 0.1) is 7.11 Å². The van der Waals surface area contributed by atoms with E-state index in [-0.39, 0.29) is 0 Å². The fraction of sp³-hybridized carbons (Fsp3) is 0.667. The monoisotopic (exact) mass is 137 g/mol. The summed E-state index contributed by atoms with van der Waals surface area (Å²) >= 11 is 0. The second-order valence-electron chi connectivity index (χ2n) is 2.61. The Morgan fingerprint density at radius 2 is 2.50 bits per heavy atom. The Hall–Kier alpha value is -0.640. The van der Waals surface area contributed by atoms with Gasteiger partial charge in [0.2, 0.25) is 0 Å². The van der Waals surface area contributed by atoms with E-state index in [1.54, 1.807) is 7.11 Å². The van der Waals surface area contributed by atoms with E-state index in [0.29, 0.717) is 0 Å². The van der Waals surface area contributed by atoms with E-state index in [1.807, 2.05) is 0 Å². The number of rotatable bonds is 3. The molecule has 0 aromatic carbocycles.